The summed E-state index contributed by atoms with van der Waals surface area (Å²) in [5.41, 5.74) is 4.10. The summed E-state index contributed by atoms with van der Waals surface area (Å²) in [5, 5.41) is 15.7. The van der Waals surface area contributed by atoms with E-state index in [1.54, 1.807) is 18.2 Å². The van der Waals surface area contributed by atoms with Crippen LogP contribution in [0.15, 0.2) is 60.9 Å². The van der Waals surface area contributed by atoms with Crippen LogP contribution < -0.4 is 15.5 Å². The fourth-order valence-corrected chi connectivity index (χ4v) is 4.40. The number of carbonyl (C=O) groups is 1. The van der Waals surface area contributed by atoms with Crippen LogP contribution in [0.2, 0.25) is 0 Å². The highest BCUT2D eigenvalue weighted by atomic mass is 19.1. The molecule has 4 aromatic rings. The van der Waals surface area contributed by atoms with Crippen LogP contribution in [0.3, 0.4) is 0 Å². The number of carbonyl (C=O) groups excluding carboxylic acids is 1. The lowest BCUT2D eigenvalue weighted by molar-refractivity contribution is 0.102. The molecule has 2 aromatic heterocycles. The third-order valence-electron chi connectivity index (χ3n) is 6.80. The zero-order valence-electron chi connectivity index (χ0n) is 21.5. The molecular weight excluding hydrogens is 481 g/mol. The van der Waals surface area contributed by atoms with Crippen LogP contribution in [0, 0.1) is 18.3 Å². The van der Waals surface area contributed by atoms with E-state index in [-0.39, 0.29) is 5.91 Å². The highest BCUT2D eigenvalue weighted by molar-refractivity contribution is 6.04. The first-order valence-electron chi connectivity index (χ1n) is 12.4. The van der Waals surface area contributed by atoms with E-state index >= 15 is 0 Å². The zero-order chi connectivity index (χ0) is 26.9. The Kier molecular flexibility index (Phi) is 6.64. The van der Waals surface area contributed by atoms with Crippen LogP contribution in [-0.2, 0) is 5.41 Å². The van der Waals surface area contributed by atoms with Crippen molar-refractivity contribution in [1.29, 1.82) is 5.26 Å². The van der Waals surface area contributed by atoms with Gasteiger partial charge in [-0.25, -0.2) is 19.3 Å². The smallest absolute Gasteiger partial charge is 0.255 e. The zero-order valence-corrected chi connectivity index (χ0v) is 21.5. The molecule has 38 heavy (non-hydrogen) atoms. The lowest BCUT2D eigenvalue weighted by Gasteiger charge is -2.18. The monoisotopic (exact) mass is 509 g/mol. The Morgan fingerprint density at radius 3 is 2.76 bits per heavy atom. The average molecular weight is 510 g/mol. The summed E-state index contributed by atoms with van der Waals surface area (Å²) in [6.07, 6.45) is 1.11. The summed E-state index contributed by atoms with van der Waals surface area (Å²) < 4.78 is 13.8. The van der Waals surface area contributed by atoms with E-state index in [1.165, 1.54) is 6.33 Å². The fraction of sp³-hybridized carbons (Fsp3) is 0.276. The van der Waals surface area contributed by atoms with Crippen molar-refractivity contribution in [3.63, 3.8) is 0 Å². The van der Waals surface area contributed by atoms with Gasteiger partial charge in [0.15, 0.2) is 5.82 Å². The van der Waals surface area contributed by atoms with Crippen LogP contribution >= 0.6 is 0 Å². The molecule has 1 aliphatic rings. The second-order valence-corrected chi connectivity index (χ2v) is 10.0. The van der Waals surface area contributed by atoms with Gasteiger partial charge in [0.05, 0.1) is 23.5 Å². The van der Waals surface area contributed by atoms with E-state index in [0.29, 0.717) is 53.4 Å². The van der Waals surface area contributed by atoms with Crippen molar-refractivity contribution < 1.29 is 9.18 Å². The predicted octanol–water partition coefficient (Wildman–Crippen LogP) is 5.68. The number of amides is 1. The summed E-state index contributed by atoms with van der Waals surface area (Å²) in [4.78, 5) is 28.4. The molecule has 0 unspecified atom stereocenters. The molecule has 192 valence electrons. The molecular formula is C29H28FN7O. The van der Waals surface area contributed by atoms with Gasteiger partial charge in [-0.05, 0) is 74.7 Å². The predicted molar refractivity (Wildman–Crippen MR) is 147 cm³/mol. The Morgan fingerprint density at radius 1 is 1.16 bits per heavy atom. The van der Waals surface area contributed by atoms with Crippen molar-refractivity contribution in [1.82, 2.24) is 15.0 Å². The van der Waals surface area contributed by atoms with E-state index in [9.17, 15) is 14.4 Å². The SMILES string of the molecule is Cc1ccc(NC(=O)c2cccc(C(C)(C)C#N)c2)cc1Nc1ncnc2ccc(N3CC[C@H](F)C3)nc12. The van der Waals surface area contributed by atoms with E-state index in [2.05, 4.69) is 26.7 Å². The molecule has 0 spiro atoms. The molecule has 5 rings (SSSR count). The van der Waals surface area contributed by atoms with Gasteiger partial charge in [0.25, 0.3) is 5.91 Å². The van der Waals surface area contributed by atoms with Crippen molar-refractivity contribution in [2.75, 3.05) is 28.6 Å². The normalized spacial score (nSPS) is 15.3. The second kappa shape index (κ2) is 10.1. The van der Waals surface area contributed by atoms with Crippen LogP contribution in [0.4, 0.5) is 27.4 Å². The van der Waals surface area contributed by atoms with Gasteiger partial charge in [0.1, 0.15) is 23.8 Å². The van der Waals surface area contributed by atoms with Crippen molar-refractivity contribution in [2.24, 2.45) is 0 Å². The Hall–Kier alpha value is -4.58. The maximum atomic E-state index is 13.8. The quantitative estimate of drug-likeness (QED) is 0.344. The molecule has 0 saturated carbocycles. The number of hydrogen-bond acceptors (Lipinski definition) is 7. The Balaban J connectivity index is 1.40. The van der Waals surface area contributed by atoms with Crippen molar-refractivity contribution in [2.45, 2.75) is 38.8 Å². The lowest BCUT2D eigenvalue weighted by Crippen LogP contribution is -2.21. The molecule has 3 heterocycles. The van der Waals surface area contributed by atoms with Crippen molar-refractivity contribution >= 4 is 40.0 Å². The average Bonchev–Trinajstić information content (AvgIpc) is 3.36. The molecule has 2 N–H and O–H groups in total. The molecule has 0 bridgehead atoms. The summed E-state index contributed by atoms with van der Waals surface area (Å²) in [7, 11) is 0. The van der Waals surface area contributed by atoms with Crippen LogP contribution in [0.1, 0.15) is 41.8 Å². The number of hydrogen-bond donors (Lipinski definition) is 2. The lowest BCUT2D eigenvalue weighted by atomic mass is 9.85. The van der Waals surface area contributed by atoms with Crippen molar-refractivity contribution in [3.05, 3.63) is 77.6 Å². The number of nitriles is 1. The van der Waals surface area contributed by atoms with Crippen molar-refractivity contribution in [3.8, 4) is 6.07 Å². The van der Waals surface area contributed by atoms with E-state index in [0.717, 1.165) is 16.8 Å². The molecule has 8 nitrogen and oxygen atoms in total. The number of aromatic nitrogens is 3. The number of aryl methyl sites for hydroxylation is 1. The number of pyridine rings is 1. The number of rotatable bonds is 6. The third-order valence-corrected chi connectivity index (χ3v) is 6.80. The number of nitrogens with one attached hydrogen (secondary N) is 2. The van der Waals surface area contributed by atoms with Gasteiger partial charge in [-0.2, -0.15) is 5.26 Å². The number of nitrogens with zero attached hydrogens (tertiary/aromatic N) is 5. The van der Waals surface area contributed by atoms with Gasteiger partial charge in [-0.1, -0.05) is 18.2 Å². The van der Waals surface area contributed by atoms with Gasteiger partial charge in [-0.3, -0.25) is 4.79 Å². The third kappa shape index (κ3) is 5.11. The van der Waals surface area contributed by atoms with Gasteiger partial charge < -0.3 is 15.5 Å². The Labute approximate surface area is 220 Å². The minimum Gasteiger partial charge on any atom is -0.354 e. The van der Waals surface area contributed by atoms with Crippen LogP contribution in [0.5, 0.6) is 0 Å². The topological polar surface area (TPSA) is 107 Å². The molecule has 9 heteroatoms. The van der Waals surface area contributed by atoms with Crippen LogP contribution in [-0.4, -0.2) is 40.1 Å². The Morgan fingerprint density at radius 2 is 2.00 bits per heavy atom. The molecule has 1 aliphatic heterocycles. The molecule has 1 atom stereocenters. The minimum absolute atomic E-state index is 0.272. The van der Waals surface area contributed by atoms with Gasteiger partial charge in [0.2, 0.25) is 0 Å². The minimum atomic E-state index is -0.849. The number of halogens is 1. The standard InChI is InChI=1S/C29H28FN7O/c1-18-7-8-22(34-28(38)19-5-4-6-20(13-19)29(2,3)16-31)14-24(18)35-27-26-23(32-17-33-27)9-10-25(36-26)37-12-11-21(30)15-37/h4-10,13-14,17,21H,11-12,15H2,1-3H3,(H,34,38)(H,32,33,35)/t21-/m0/s1. The molecule has 1 fully saturated rings. The molecule has 1 saturated heterocycles. The summed E-state index contributed by atoms with van der Waals surface area (Å²) in [6.45, 7) is 6.54. The van der Waals surface area contributed by atoms with E-state index in [4.69, 9.17) is 4.98 Å². The number of fused-ring (bicyclic) bond motifs is 1. The summed E-state index contributed by atoms with van der Waals surface area (Å²) >= 11 is 0. The second-order valence-electron chi connectivity index (χ2n) is 10.0. The first-order chi connectivity index (χ1) is 18.2. The summed E-state index contributed by atoms with van der Waals surface area (Å²) in [5.74, 6) is 0.937. The van der Waals surface area contributed by atoms with Gasteiger partial charge >= 0.3 is 0 Å². The maximum absolute atomic E-state index is 13.8. The highest BCUT2D eigenvalue weighted by Crippen LogP contribution is 2.29. The largest absolute Gasteiger partial charge is 0.354 e. The number of anilines is 4. The first-order valence-corrected chi connectivity index (χ1v) is 12.4. The van der Waals surface area contributed by atoms with E-state index < -0.39 is 11.6 Å². The molecule has 2 aromatic carbocycles. The van der Waals surface area contributed by atoms with E-state index in [1.807, 2.05) is 62.1 Å². The van der Waals surface area contributed by atoms with Gasteiger partial charge in [-0.15, -0.1) is 0 Å². The fourth-order valence-electron chi connectivity index (χ4n) is 4.40. The molecule has 0 radical (unpaired) electrons. The van der Waals surface area contributed by atoms with Crippen LogP contribution in [0.25, 0.3) is 11.0 Å². The first kappa shape index (κ1) is 25.1. The Bertz CT molecular complexity index is 1560. The van der Waals surface area contributed by atoms with Gasteiger partial charge in [0, 0.05) is 23.5 Å². The number of alkyl halides is 1. The molecule has 1 amide bonds. The highest BCUT2D eigenvalue weighted by Gasteiger charge is 2.24. The maximum Gasteiger partial charge on any atom is 0.255 e. The molecule has 0 aliphatic carbocycles. The summed E-state index contributed by atoms with van der Waals surface area (Å²) in [6, 6.07) is 18.6. The number of benzene rings is 2.